The summed E-state index contributed by atoms with van der Waals surface area (Å²) >= 11 is 0. The van der Waals surface area contributed by atoms with Crippen LogP contribution in [0.3, 0.4) is 0 Å². The molecule has 3 heteroatoms. The molecule has 1 aliphatic rings. The van der Waals surface area contributed by atoms with Gasteiger partial charge in [-0.1, -0.05) is 6.07 Å². The van der Waals surface area contributed by atoms with Crippen LogP contribution < -0.4 is 0 Å². The average Bonchev–Trinajstić information content (AvgIpc) is 2.53. The van der Waals surface area contributed by atoms with E-state index in [-0.39, 0.29) is 6.10 Å². The highest BCUT2D eigenvalue weighted by Gasteiger charge is 2.19. The molecule has 0 saturated carbocycles. The Morgan fingerprint density at radius 3 is 3.15 bits per heavy atom. The molecule has 0 spiro atoms. The number of aromatic nitrogens is 1. The third kappa shape index (κ3) is 2.26. The molecule has 3 nitrogen and oxygen atoms in total. The van der Waals surface area contributed by atoms with E-state index in [2.05, 4.69) is 16.0 Å². The van der Waals surface area contributed by atoms with Crippen LogP contribution in [0.1, 0.15) is 12.0 Å². The number of rotatable bonds is 2. The number of hydrogen-bond acceptors (Lipinski definition) is 3. The number of nitrogens with zero attached hydrogens (tertiary/aromatic N) is 2. The molecule has 1 saturated heterocycles. The number of aliphatic hydroxyl groups is 1. The smallest absolute Gasteiger partial charge is 0.0679 e. The Kier molecular flexibility index (Phi) is 2.57. The maximum Gasteiger partial charge on any atom is 0.0679 e. The molecule has 2 rings (SSSR count). The topological polar surface area (TPSA) is 36.4 Å². The Balaban J connectivity index is 1.92. The van der Waals surface area contributed by atoms with Gasteiger partial charge in [0.25, 0.3) is 0 Å². The first kappa shape index (κ1) is 8.66. The van der Waals surface area contributed by atoms with Gasteiger partial charge in [0.05, 0.1) is 6.10 Å². The molecule has 0 unspecified atom stereocenters. The quantitative estimate of drug-likeness (QED) is 0.722. The number of hydrogen-bond donors (Lipinski definition) is 1. The number of likely N-dealkylation sites (tertiary alicyclic amines) is 1. The molecule has 2 heterocycles. The molecule has 70 valence electrons. The van der Waals surface area contributed by atoms with Gasteiger partial charge in [-0.25, -0.2) is 0 Å². The molecule has 1 aromatic heterocycles. The Morgan fingerprint density at radius 1 is 1.62 bits per heavy atom. The first-order chi connectivity index (χ1) is 6.34. The molecule has 1 fully saturated rings. The van der Waals surface area contributed by atoms with Crippen molar-refractivity contribution < 1.29 is 5.11 Å². The molecule has 0 bridgehead atoms. The number of pyridine rings is 1. The summed E-state index contributed by atoms with van der Waals surface area (Å²) in [6.45, 7) is 2.70. The van der Waals surface area contributed by atoms with E-state index in [9.17, 15) is 5.11 Å². The number of β-amino-alcohol motifs (C(OH)–C–C–N with tert-alkyl or cyclic N) is 1. The molecule has 0 radical (unpaired) electrons. The predicted molar refractivity (Wildman–Crippen MR) is 50.1 cm³/mol. The van der Waals surface area contributed by atoms with Crippen LogP contribution >= 0.6 is 0 Å². The largest absolute Gasteiger partial charge is 0.392 e. The van der Waals surface area contributed by atoms with Gasteiger partial charge in [-0.15, -0.1) is 0 Å². The summed E-state index contributed by atoms with van der Waals surface area (Å²) < 4.78 is 0. The van der Waals surface area contributed by atoms with Gasteiger partial charge in [-0.2, -0.15) is 0 Å². The van der Waals surface area contributed by atoms with Crippen LogP contribution in [0.15, 0.2) is 24.5 Å². The molecule has 0 aliphatic carbocycles. The van der Waals surface area contributed by atoms with Crippen molar-refractivity contribution in [3.05, 3.63) is 30.1 Å². The van der Waals surface area contributed by atoms with Crippen LogP contribution in [-0.2, 0) is 6.54 Å². The molecular formula is C10H14N2O. The monoisotopic (exact) mass is 178 g/mol. The Bertz CT molecular complexity index is 263. The summed E-state index contributed by atoms with van der Waals surface area (Å²) in [6.07, 6.45) is 4.43. The zero-order chi connectivity index (χ0) is 9.10. The molecule has 1 atom stereocenters. The van der Waals surface area contributed by atoms with Crippen molar-refractivity contribution >= 4 is 0 Å². The minimum atomic E-state index is -0.128. The van der Waals surface area contributed by atoms with E-state index in [4.69, 9.17) is 0 Å². The molecule has 1 N–H and O–H groups in total. The van der Waals surface area contributed by atoms with Crippen molar-refractivity contribution in [2.45, 2.75) is 19.1 Å². The van der Waals surface area contributed by atoms with Crippen LogP contribution in [0, 0.1) is 0 Å². The fraction of sp³-hybridized carbons (Fsp3) is 0.500. The van der Waals surface area contributed by atoms with E-state index in [1.54, 1.807) is 6.20 Å². The van der Waals surface area contributed by atoms with Gasteiger partial charge >= 0.3 is 0 Å². The van der Waals surface area contributed by atoms with Gasteiger partial charge in [-0.3, -0.25) is 9.88 Å². The molecule has 0 aromatic carbocycles. The SMILES string of the molecule is O[C@H]1CCN(Cc2cccnc2)C1. The maximum absolute atomic E-state index is 9.32. The van der Waals surface area contributed by atoms with E-state index in [1.807, 2.05) is 12.3 Å². The van der Waals surface area contributed by atoms with Crippen LogP contribution in [-0.4, -0.2) is 34.2 Å². The van der Waals surface area contributed by atoms with Crippen LogP contribution in [0.25, 0.3) is 0 Å². The van der Waals surface area contributed by atoms with Crippen molar-refractivity contribution in [1.82, 2.24) is 9.88 Å². The Morgan fingerprint density at radius 2 is 2.54 bits per heavy atom. The lowest BCUT2D eigenvalue weighted by molar-refractivity contribution is 0.175. The maximum atomic E-state index is 9.32. The van der Waals surface area contributed by atoms with Crippen molar-refractivity contribution in [1.29, 1.82) is 0 Å². The highest BCUT2D eigenvalue weighted by molar-refractivity contribution is 5.08. The second kappa shape index (κ2) is 3.85. The zero-order valence-corrected chi connectivity index (χ0v) is 7.56. The zero-order valence-electron chi connectivity index (χ0n) is 7.56. The molecule has 0 amide bonds. The summed E-state index contributed by atoms with van der Waals surface area (Å²) in [7, 11) is 0. The fourth-order valence-corrected chi connectivity index (χ4v) is 1.71. The molecule has 13 heavy (non-hydrogen) atoms. The normalized spacial score (nSPS) is 23.6. The highest BCUT2D eigenvalue weighted by Crippen LogP contribution is 2.12. The summed E-state index contributed by atoms with van der Waals surface area (Å²) in [5, 5.41) is 9.32. The van der Waals surface area contributed by atoms with Crippen LogP contribution in [0.4, 0.5) is 0 Å². The van der Waals surface area contributed by atoms with Gasteiger partial charge < -0.3 is 5.11 Å². The van der Waals surface area contributed by atoms with Gasteiger partial charge in [-0.05, 0) is 18.1 Å². The summed E-state index contributed by atoms with van der Waals surface area (Å²) in [6, 6.07) is 4.01. The summed E-state index contributed by atoms with van der Waals surface area (Å²) in [4.78, 5) is 6.31. The second-order valence-corrected chi connectivity index (χ2v) is 3.54. The third-order valence-electron chi connectivity index (χ3n) is 2.38. The fourth-order valence-electron chi connectivity index (χ4n) is 1.71. The van der Waals surface area contributed by atoms with Crippen molar-refractivity contribution in [2.75, 3.05) is 13.1 Å². The van der Waals surface area contributed by atoms with Gasteiger partial charge in [0.2, 0.25) is 0 Å². The first-order valence-electron chi connectivity index (χ1n) is 4.64. The molecule has 1 aromatic rings. The average molecular weight is 178 g/mol. The summed E-state index contributed by atoms with van der Waals surface area (Å²) in [5.41, 5.74) is 1.22. The third-order valence-corrected chi connectivity index (χ3v) is 2.38. The second-order valence-electron chi connectivity index (χ2n) is 3.54. The Labute approximate surface area is 78.0 Å². The van der Waals surface area contributed by atoms with E-state index < -0.39 is 0 Å². The minimum Gasteiger partial charge on any atom is -0.392 e. The Hall–Kier alpha value is -0.930. The van der Waals surface area contributed by atoms with Crippen molar-refractivity contribution in [3.63, 3.8) is 0 Å². The van der Waals surface area contributed by atoms with Crippen LogP contribution in [0.2, 0.25) is 0 Å². The van der Waals surface area contributed by atoms with Gasteiger partial charge in [0.1, 0.15) is 0 Å². The summed E-state index contributed by atoms with van der Waals surface area (Å²) in [5.74, 6) is 0. The van der Waals surface area contributed by atoms with Crippen molar-refractivity contribution in [2.24, 2.45) is 0 Å². The van der Waals surface area contributed by atoms with Crippen molar-refractivity contribution in [3.8, 4) is 0 Å². The molecular weight excluding hydrogens is 164 g/mol. The standard InChI is InChI=1S/C10H14N2O/c13-10-3-5-12(8-10)7-9-2-1-4-11-6-9/h1-2,4,6,10,13H,3,5,7-8H2/t10-/m0/s1. The predicted octanol–water partition coefficient (Wildman–Crippen LogP) is 0.648. The lowest BCUT2D eigenvalue weighted by Crippen LogP contribution is -2.21. The first-order valence-corrected chi connectivity index (χ1v) is 4.64. The van der Waals surface area contributed by atoms with Crippen LogP contribution in [0.5, 0.6) is 0 Å². The van der Waals surface area contributed by atoms with Gasteiger partial charge in [0, 0.05) is 32.0 Å². The van der Waals surface area contributed by atoms with E-state index in [0.717, 1.165) is 26.1 Å². The van der Waals surface area contributed by atoms with E-state index in [1.165, 1.54) is 5.56 Å². The minimum absolute atomic E-state index is 0.128. The number of aliphatic hydroxyl groups excluding tert-OH is 1. The molecule has 1 aliphatic heterocycles. The van der Waals surface area contributed by atoms with E-state index in [0.29, 0.717) is 0 Å². The van der Waals surface area contributed by atoms with E-state index >= 15 is 0 Å². The van der Waals surface area contributed by atoms with Gasteiger partial charge in [0.15, 0.2) is 0 Å². The lowest BCUT2D eigenvalue weighted by atomic mass is 10.3. The highest BCUT2D eigenvalue weighted by atomic mass is 16.3. The lowest BCUT2D eigenvalue weighted by Gasteiger charge is -2.13.